The van der Waals surface area contributed by atoms with Gasteiger partial charge in [0.25, 0.3) is 5.91 Å². The first-order valence-electron chi connectivity index (χ1n) is 10.3. The molecule has 0 aliphatic heterocycles. The molecular weight excluding hydrogens is 408 g/mol. The van der Waals surface area contributed by atoms with Gasteiger partial charge in [-0.05, 0) is 36.8 Å². The summed E-state index contributed by atoms with van der Waals surface area (Å²) in [5.74, 6) is -0.257. The van der Waals surface area contributed by atoms with E-state index in [1.807, 2.05) is 53.4 Å². The van der Waals surface area contributed by atoms with Gasteiger partial charge in [0.2, 0.25) is 5.91 Å². The molecule has 0 spiro atoms. The van der Waals surface area contributed by atoms with Gasteiger partial charge < -0.3 is 14.5 Å². The van der Waals surface area contributed by atoms with Gasteiger partial charge in [-0.25, -0.2) is 0 Å². The van der Waals surface area contributed by atoms with Crippen LogP contribution < -0.4 is 0 Å². The molecule has 3 aromatic rings. The van der Waals surface area contributed by atoms with Crippen LogP contribution in [0.2, 0.25) is 0 Å². The minimum atomic E-state index is -0.169. The van der Waals surface area contributed by atoms with Crippen LogP contribution in [0.15, 0.2) is 72.8 Å². The van der Waals surface area contributed by atoms with Gasteiger partial charge >= 0.3 is 0 Å². The summed E-state index contributed by atoms with van der Waals surface area (Å²) in [4.78, 5) is 32.1. The quantitative estimate of drug-likeness (QED) is 0.474. The molecule has 0 atom stereocenters. The van der Waals surface area contributed by atoms with E-state index in [2.05, 4.69) is 19.1 Å². The van der Waals surface area contributed by atoms with E-state index in [9.17, 15) is 9.59 Å². The minimum absolute atomic E-state index is 0.00821. The summed E-state index contributed by atoms with van der Waals surface area (Å²) in [7, 11) is 1.59. The summed E-state index contributed by atoms with van der Waals surface area (Å²) in [6, 6.07) is 23.1. The first-order chi connectivity index (χ1) is 15.1. The van der Waals surface area contributed by atoms with Crippen LogP contribution in [0, 0.1) is 6.92 Å². The van der Waals surface area contributed by atoms with Gasteiger partial charge in [-0.15, -0.1) is 11.3 Å². The largest absolute Gasteiger partial charge is 0.383 e. The van der Waals surface area contributed by atoms with Crippen molar-refractivity contribution >= 4 is 23.2 Å². The van der Waals surface area contributed by atoms with Gasteiger partial charge in [0.15, 0.2) is 0 Å². The third-order valence-electron chi connectivity index (χ3n) is 4.91. The van der Waals surface area contributed by atoms with Crippen molar-refractivity contribution in [2.24, 2.45) is 0 Å². The van der Waals surface area contributed by atoms with Crippen molar-refractivity contribution in [1.82, 2.24) is 9.80 Å². The number of thiophene rings is 1. The van der Waals surface area contributed by atoms with Gasteiger partial charge in [0, 0.05) is 35.5 Å². The molecule has 1 heterocycles. The van der Waals surface area contributed by atoms with Gasteiger partial charge in [-0.2, -0.15) is 0 Å². The summed E-state index contributed by atoms with van der Waals surface area (Å²) in [5.41, 5.74) is 1.62. The van der Waals surface area contributed by atoms with Crippen LogP contribution >= 0.6 is 11.3 Å². The van der Waals surface area contributed by atoms with Crippen LogP contribution in [-0.2, 0) is 22.6 Å². The zero-order valence-corrected chi connectivity index (χ0v) is 18.8. The molecule has 0 unspecified atom stereocenters. The lowest BCUT2D eigenvalue weighted by Crippen LogP contribution is -2.43. The molecular formula is C25H28N2O3S. The summed E-state index contributed by atoms with van der Waals surface area (Å²) >= 11 is 1.69. The second-order valence-corrected chi connectivity index (χ2v) is 8.71. The van der Waals surface area contributed by atoms with E-state index in [0.717, 1.165) is 10.4 Å². The highest BCUT2D eigenvalue weighted by atomic mass is 32.1. The third-order valence-corrected chi connectivity index (χ3v) is 5.90. The average Bonchev–Trinajstić information content (AvgIpc) is 3.21. The van der Waals surface area contributed by atoms with Crippen molar-refractivity contribution in [2.75, 3.05) is 26.8 Å². The Balaban J connectivity index is 1.78. The fraction of sp³-hybridized carbons (Fsp3) is 0.280. The Hall–Kier alpha value is -2.96. The number of hydrogen-bond acceptors (Lipinski definition) is 4. The van der Waals surface area contributed by atoms with E-state index in [-0.39, 0.29) is 18.4 Å². The van der Waals surface area contributed by atoms with Crippen LogP contribution in [0.1, 0.15) is 25.7 Å². The van der Waals surface area contributed by atoms with E-state index < -0.39 is 0 Å². The fourth-order valence-corrected chi connectivity index (χ4v) is 4.18. The molecule has 162 valence electrons. The SMILES string of the molecule is COCCN(CC(=O)N(Cc1ccccc1)Cc1ccc(C)s1)C(=O)c1ccccc1. The first-order valence-corrected chi connectivity index (χ1v) is 11.1. The highest BCUT2D eigenvalue weighted by molar-refractivity contribution is 7.11. The predicted octanol–water partition coefficient (Wildman–Crippen LogP) is 4.37. The minimum Gasteiger partial charge on any atom is -0.383 e. The number of ether oxygens (including phenoxy) is 1. The number of carbonyl (C=O) groups excluding carboxylic acids is 2. The van der Waals surface area contributed by atoms with E-state index >= 15 is 0 Å². The molecule has 2 amide bonds. The van der Waals surface area contributed by atoms with E-state index in [4.69, 9.17) is 4.74 Å². The Morgan fingerprint density at radius 2 is 1.55 bits per heavy atom. The molecule has 1 aromatic heterocycles. The molecule has 0 saturated heterocycles. The van der Waals surface area contributed by atoms with E-state index in [1.165, 1.54) is 4.88 Å². The third kappa shape index (κ3) is 6.77. The molecule has 6 heteroatoms. The topological polar surface area (TPSA) is 49.9 Å². The number of methoxy groups -OCH3 is 1. The van der Waals surface area contributed by atoms with Crippen LogP contribution in [0.5, 0.6) is 0 Å². The van der Waals surface area contributed by atoms with Crippen molar-refractivity contribution < 1.29 is 14.3 Å². The van der Waals surface area contributed by atoms with Crippen molar-refractivity contribution in [3.05, 3.63) is 93.7 Å². The van der Waals surface area contributed by atoms with Crippen LogP contribution in [0.3, 0.4) is 0 Å². The molecule has 0 bridgehead atoms. The zero-order chi connectivity index (χ0) is 22.1. The molecule has 0 aliphatic carbocycles. The highest BCUT2D eigenvalue weighted by Gasteiger charge is 2.23. The number of benzene rings is 2. The summed E-state index contributed by atoms with van der Waals surface area (Å²) in [6.45, 7) is 3.80. The van der Waals surface area contributed by atoms with Crippen molar-refractivity contribution in [3.63, 3.8) is 0 Å². The maximum atomic E-state index is 13.4. The number of amides is 2. The zero-order valence-electron chi connectivity index (χ0n) is 18.0. The number of carbonyl (C=O) groups is 2. The highest BCUT2D eigenvalue weighted by Crippen LogP contribution is 2.19. The molecule has 0 radical (unpaired) electrons. The molecule has 0 fully saturated rings. The Morgan fingerprint density at radius 1 is 0.871 bits per heavy atom. The van der Waals surface area contributed by atoms with Gasteiger partial charge in [-0.1, -0.05) is 48.5 Å². The Labute approximate surface area is 187 Å². The number of aryl methyl sites for hydroxylation is 1. The molecule has 2 aromatic carbocycles. The number of rotatable bonds is 10. The van der Waals surface area contributed by atoms with E-state index in [1.54, 1.807) is 35.5 Å². The average molecular weight is 437 g/mol. The monoisotopic (exact) mass is 436 g/mol. The number of nitrogens with zero attached hydrogens (tertiary/aromatic N) is 2. The molecule has 0 N–H and O–H groups in total. The van der Waals surface area contributed by atoms with Crippen molar-refractivity contribution in [2.45, 2.75) is 20.0 Å². The standard InChI is InChI=1S/C25H28N2O3S/c1-20-13-14-23(31-20)18-27(17-21-9-5-3-6-10-21)24(28)19-26(15-16-30-2)25(29)22-11-7-4-8-12-22/h3-14H,15-19H2,1-2H3. The first kappa shape index (κ1) is 22.7. The van der Waals surface area contributed by atoms with Crippen LogP contribution in [-0.4, -0.2) is 48.4 Å². The normalized spacial score (nSPS) is 10.6. The lowest BCUT2D eigenvalue weighted by atomic mass is 10.2. The lowest BCUT2D eigenvalue weighted by molar-refractivity contribution is -0.133. The van der Waals surface area contributed by atoms with Crippen LogP contribution in [0.4, 0.5) is 0 Å². The molecule has 5 nitrogen and oxygen atoms in total. The Bertz CT molecular complexity index is 973. The lowest BCUT2D eigenvalue weighted by Gasteiger charge is -2.27. The molecule has 31 heavy (non-hydrogen) atoms. The Kier molecular flexibility index (Phi) is 8.38. The number of hydrogen-bond donors (Lipinski definition) is 0. The van der Waals surface area contributed by atoms with Crippen molar-refractivity contribution in [3.8, 4) is 0 Å². The Morgan fingerprint density at radius 3 is 2.16 bits per heavy atom. The smallest absolute Gasteiger partial charge is 0.254 e. The van der Waals surface area contributed by atoms with Crippen molar-refractivity contribution in [1.29, 1.82) is 0 Å². The van der Waals surface area contributed by atoms with E-state index in [0.29, 0.717) is 31.8 Å². The molecule has 3 rings (SSSR count). The van der Waals surface area contributed by atoms with Gasteiger partial charge in [0.05, 0.1) is 13.2 Å². The summed E-state index contributed by atoms with van der Waals surface area (Å²) < 4.78 is 5.18. The summed E-state index contributed by atoms with van der Waals surface area (Å²) in [5, 5.41) is 0. The van der Waals surface area contributed by atoms with Gasteiger partial charge in [-0.3, -0.25) is 9.59 Å². The van der Waals surface area contributed by atoms with Crippen LogP contribution in [0.25, 0.3) is 0 Å². The summed E-state index contributed by atoms with van der Waals surface area (Å²) in [6.07, 6.45) is 0. The molecule has 0 saturated carbocycles. The fourth-order valence-electron chi connectivity index (χ4n) is 3.27. The second kappa shape index (κ2) is 11.4. The molecule has 0 aliphatic rings. The predicted molar refractivity (Wildman–Crippen MR) is 124 cm³/mol. The maximum absolute atomic E-state index is 13.4. The maximum Gasteiger partial charge on any atom is 0.254 e. The van der Waals surface area contributed by atoms with Gasteiger partial charge in [0.1, 0.15) is 6.54 Å². The second-order valence-electron chi connectivity index (χ2n) is 7.33.